The number of aryl methyl sites for hydroxylation is 1. The van der Waals surface area contributed by atoms with Gasteiger partial charge in [0.15, 0.2) is 0 Å². The Hall–Kier alpha value is -2.26. The third-order valence-corrected chi connectivity index (χ3v) is 7.75. The van der Waals surface area contributed by atoms with Crippen LogP contribution in [0, 0.1) is 12.7 Å². The zero-order chi connectivity index (χ0) is 24.2. The first kappa shape index (κ1) is 25.4. The van der Waals surface area contributed by atoms with Gasteiger partial charge in [0.25, 0.3) is 0 Å². The van der Waals surface area contributed by atoms with E-state index >= 15 is 0 Å². The van der Waals surface area contributed by atoms with Gasteiger partial charge in [-0.15, -0.1) is 0 Å². The molecule has 0 saturated carbocycles. The second-order valence-corrected chi connectivity index (χ2v) is 10.9. The summed E-state index contributed by atoms with van der Waals surface area (Å²) >= 11 is 9.54. The molecule has 0 aliphatic carbocycles. The molecule has 0 aliphatic heterocycles. The molecule has 0 spiro atoms. The van der Waals surface area contributed by atoms with E-state index in [9.17, 15) is 17.6 Å². The molecular weight excluding hydrogens is 531 g/mol. The van der Waals surface area contributed by atoms with Gasteiger partial charge in [-0.2, -0.15) is 4.31 Å². The number of carbonyl (C=O) groups is 1. The topological polar surface area (TPSA) is 66.5 Å². The zero-order valence-electron chi connectivity index (χ0n) is 18.1. The largest absolute Gasteiger partial charge is 0.348 e. The SMILES string of the molecule is Cc1ccc(S(=O)(=O)N(CC(=O)N[C@H](C)c2cccc(Br)c2)Cc2c(F)cccc2Cl)cc1. The molecule has 0 saturated heterocycles. The second kappa shape index (κ2) is 10.8. The Morgan fingerprint density at radius 3 is 2.42 bits per heavy atom. The van der Waals surface area contributed by atoms with E-state index < -0.39 is 28.3 Å². The van der Waals surface area contributed by atoms with Gasteiger partial charge in [0.1, 0.15) is 5.82 Å². The molecule has 0 radical (unpaired) electrons. The van der Waals surface area contributed by atoms with E-state index in [4.69, 9.17) is 11.6 Å². The molecular formula is C24H23BrClFN2O3S. The van der Waals surface area contributed by atoms with Crippen LogP contribution in [0.5, 0.6) is 0 Å². The number of hydrogen-bond acceptors (Lipinski definition) is 3. The molecule has 174 valence electrons. The summed E-state index contributed by atoms with van der Waals surface area (Å²) in [7, 11) is -4.11. The number of carbonyl (C=O) groups excluding carboxylic acids is 1. The van der Waals surface area contributed by atoms with Crippen LogP contribution in [-0.4, -0.2) is 25.2 Å². The van der Waals surface area contributed by atoms with Crippen LogP contribution < -0.4 is 5.32 Å². The Bertz CT molecular complexity index is 1230. The van der Waals surface area contributed by atoms with Crippen molar-refractivity contribution in [3.63, 3.8) is 0 Å². The van der Waals surface area contributed by atoms with E-state index in [1.807, 2.05) is 31.2 Å². The molecule has 0 aliphatic rings. The van der Waals surface area contributed by atoms with E-state index in [0.717, 1.165) is 19.9 Å². The van der Waals surface area contributed by atoms with E-state index in [-0.39, 0.29) is 28.1 Å². The lowest BCUT2D eigenvalue weighted by Gasteiger charge is -2.24. The van der Waals surface area contributed by atoms with Crippen LogP contribution in [-0.2, 0) is 21.4 Å². The minimum absolute atomic E-state index is 0.00249. The minimum Gasteiger partial charge on any atom is -0.348 e. The van der Waals surface area contributed by atoms with Gasteiger partial charge < -0.3 is 5.32 Å². The van der Waals surface area contributed by atoms with Gasteiger partial charge in [-0.05, 0) is 55.8 Å². The van der Waals surface area contributed by atoms with Gasteiger partial charge in [-0.1, -0.05) is 63.4 Å². The Balaban J connectivity index is 1.89. The van der Waals surface area contributed by atoms with Crippen LogP contribution in [0.25, 0.3) is 0 Å². The van der Waals surface area contributed by atoms with Gasteiger partial charge in [0.2, 0.25) is 15.9 Å². The van der Waals surface area contributed by atoms with Crippen molar-refractivity contribution in [1.29, 1.82) is 0 Å². The summed E-state index contributed by atoms with van der Waals surface area (Å²) in [5.74, 6) is -1.17. The molecule has 3 aromatic rings. The van der Waals surface area contributed by atoms with Crippen LogP contribution in [0.2, 0.25) is 5.02 Å². The monoisotopic (exact) mass is 552 g/mol. The molecule has 3 aromatic carbocycles. The number of hydrogen-bond donors (Lipinski definition) is 1. The zero-order valence-corrected chi connectivity index (χ0v) is 21.2. The Morgan fingerprint density at radius 1 is 1.12 bits per heavy atom. The van der Waals surface area contributed by atoms with Gasteiger partial charge in [-0.3, -0.25) is 4.79 Å². The maximum Gasteiger partial charge on any atom is 0.243 e. The lowest BCUT2D eigenvalue weighted by atomic mass is 10.1. The Morgan fingerprint density at radius 2 is 1.79 bits per heavy atom. The fourth-order valence-corrected chi connectivity index (χ4v) is 5.26. The van der Waals surface area contributed by atoms with Gasteiger partial charge in [0.05, 0.1) is 17.5 Å². The molecule has 5 nitrogen and oxygen atoms in total. The quantitative estimate of drug-likeness (QED) is 0.394. The van der Waals surface area contributed by atoms with Crippen LogP contribution in [0.15, 0.2) is 76.1 Å². The molecule has 0 unspecified atom stereocenters. The average Bonchev–Trinajstić information content (AvgIpc) is 2.75. The van der Waals surface area contributed by atoms with Crippen molar-refractivity contribution in [1.82, 2.24) is 9.62 Å². The summed E-state index contributed by atoms with van der Waals surface area (Å²) in [6, 6.07) is 17.4. The summed E-state index contributed by atoms with van der Waals surface area (Å²) in [4.78, 5) is 12.9. The molecule has 1 atom stereocenters. The fourth-order valence-electron chi connectivity index (χ4n) is 3.25. The first-order valence-corrected chi connectivity index (χ1v) is 12.7. The molecule has 9 heteroatoms. The summed E-state index contributed by atoms with van der Waals surface area (Å²) in [6.45, 7) is 2.75. The summed E-state index contributed by atoms with van der Waals surface area (Å²) in [6.07, 6.45) is 0. The van der Waals surface area contributed by atoms with Crippen molar-refractivity contribution >= 4 is 43.5 Å². The number of nitrogens with one attached hydrogen (secondary N) is 1. The normalized spacial score (nSPS) is 12.5. The number of sulfonamides is 1. The molecule has 33 heavy (non-hydrogen) atoms. The third-order valence-electron chi connectivity index (χ3n) is 5.10. The van der Waals surface area contributed by atoms with Crippen LogP contribution >= 0.6 is 27.5 Å². The van der Waals surface area contributed by atoms with Crippen molar-refractivity contribution < 1.29 is 17.6 Å². The van der Waals surface area contributed by atoms with Crippen molar-refractivity contribution in [2.45, 2.75) is 31.3 Å². The lowest BCUT2D eigenvalue weighted by Crippen LogP contribution is -2.41. The molecule has 0 bridgehead atoms. The number of benzene rings is 3. The highest BCUT2D eigenvalue weighted by Crippen LogP contribution is 2.25. The number of nitrogens with zero attached hydrogens (tertiary/aromatic N) is 1. The summed E-state index contributed by atoms with van der Waals surface area (Å²) in [5.41, 5.74) is 1.74. The van der Waals surface area contributed by atoms with Crippen LogP contribution in [0.3, 0.4) is 0 Å². The minimum atomic E-state index is -4.11. The molecule has 1 amide bonds. The first-order chi connectivity index (χ1) is 15.6. The smallest absolute Gasteiger partial charge is 0.243 e. The van der Waals surface area contributed by atoms with Crippen LogP contribution in [0.4, 0.5) is 4.39 Å². The molecule has 1 N–H and O–H groups in total. The summed E-state index contributed by atoms with van der Waals surface area (Å²) in [5, 5.41) is 2.89. The first-order valence-electron chi connectivity index (χ1n) is 10.1. The Kier molecular flexibility index (Phi) is 8.28. The highest BCUT2D eigenvalue weighted by Gasteiger charge is 2.29. The standard InChI is InChI=1S/C24H23BrClFN2O3S/c1-16-9-11-20(12-10-16)33(31,32)29(14-21-22(26)7-4-8-23(21)27)15-24(30)28-17(2)18-5-3-6-19(25)13-18/h3-13,17H,14-15H2,1-2H3,(H,28,30)/t17-/m1/s1. The highest BCUT2D eigenvalue weighted by molar-refractivity contribution is 9.10. The van der Waals surface area contributed by atoms with Gasteiger partial charge >= 0.3 is 0 Å². The number of halogens is 3. The van der Waals surface area contributed by atoms with Gasteiger partial charge in [-0.25, -0.2) is 12.8 Å². The summed E-state index contributed by atoms with van der Waals surface area (Å²) < 4.78 is 43.0. The second-order valence-electron chi connectivity index (χ2n) is 7.63. The molecule has 0 heterocycles. The van der Waals surface area contributed by atoms with Gasteiger partial charge in [0, 0.05) is 21.6 Å². The predicted molar refractivity (Wildman–Crippen MR) is 131 cm³/mol. The number of amides is 1. The van der Waals surface area contributed by atoms with Crippen LogP contribution in [0.1, 0.15) is 29.7 Å². The van der Waals surface area contributed by atoms with Crippen molar-refractivity contribution in [2.24, 2.45) is 0 Å². The third kappa shape index (κ3) is 6.41. The van der Waals surface area contributed by atoms with E-state index in [1.54, 1.807) is 19.1 Å². The lowest BCUT2D eigenvalue weighted by molar-refractivity contribution is -0.122. The molecule has 0 fully saturated rings. The fraction of sp³-hybridized carbons (Fsp3) is 0.208. The van der Waals surface area contributed by atoms with Crippen molar-refractivity contribution in [2.75, 3.05) is 6.54 Å². The van der Waals surface area contributed by atoms with Crippen molar-refractivity contribution in [3.8, 4) is 0 Å². The number of rotatable bonds is 8. The van der Waals surface area contributed by atoms with Crippen molar-refractivity contribution in [3.05, 3.63) is 98.7 Å². The van der Waals surface area contributed by atoms with E-state index in [0.29, 0.717) is 0 Å². The molecule has 0 aromatic heterocycles. The molecule has 3 rings (SSSR count). The van der Waals surface area contributed by atoms with E-state index in [1.165, 1.54) is 30.3 Å². The average molecular weight is 554 g/mol. The Labute approximate surface area is 206 Å². The predicted octanol–water partition coefficient (Wildman–Crippen LogP) is 5.62. The highest BCUT2D eigenvalue weighted by atomic mass is 79.9. The van der Waals surface area contributed by atoms with E-state index in [2.05, 4.69) is 21.2 Å². The maximum absolute atomic E-state index is 14.5. The maximum atomic E-state index is 14.5.